The van der Waals surface area contributed by atoms with Gasteiger partial charge in [0, 0.05) is 37.2 Å². The Morgan fingerprint density at radius 2 is 2.12 bits per heavy atom. The van der Waals surface area contributed by atoms with Crippen molar-refractivity contribution in [1.82, 2.24) is 5.32 Å². The minimum absolute atomic E-state index is 0.0116. The molecule has 0 radical (unpaired) electrons. The van der Waals surface area contributed by atoms with Gasteiger partial charge in [0.1, 0.15) is 5.75 Å². The van der Waals surface area contributed by atoms with E-state index < -0.39 is 0 Å². The van der Waals surface area contributed by atoms with E-state index in [1.807, 2.05) is 18.2 Å². The van der Waals surface area contributed by atoms with Crippen LogP contribution in [0, 0.1) is 5.92 Å². The highest BCUT2D eigenvalue weighted by Gasteiger charge is 2.45. The van der Waals surface area contributed by atoms with Gasteiger partial charge in [-0.3, -0.25) is 4.79 Å². The molecular weight excluding hydrogens is 308 g/mol. The Morgan fingerprint density at radius 1 is 1.29 bits per heavy atom. The molecule has 1 amide bonds. The second-order valence-corrected chi connectivity index (χ2v) is 6.66. The summed E-state index contributed by atoms with van der Waals surface area (Å²) in [4.78, 5) is 14.8. The number of methoxy groups -OCH3 is 1. The maximum atomic E-state index is 12.6. The zero-order valence-corrected chi connectivity index (χ0v) is 14.0. The molecule has 1 aromatic carbocycles. The summed E-state index contributed by atoms with van der Waals surface area (Å²) in [7, 11) is 1.66. The minimum Gasteiger partial charge on any atom is -0.495 e. The van der Waals surface area contributed by atoms with Crippen LogP contribution >= 0.6 is 0 Å². The number of benzene rings is 1. The van der Waals surface area contributed by atoms with Crippen molar-refractivity contribution < 1.29 is 19.0 Å². The molecule has 2 heterocycles. The van der Waals surface area contributed by atoms with Crippen LogP contribution in [0.4, 0.5) is 5.69 Å². The van der Waals surface area contributed by atoms with Crippen LogP contribution < -0.4 is 15.0 Å². The number of rotatable bonds is 4. The Morgan fingerprint density at radius 3 is 2.88 bits per heavy atom. The second-order valence-electron chi connectivity index (χ2n) is 6.66. The molecule has 6 heteroatoms. The number of carbonyl (C=O) groups is 1. The summed E-state index contributed by atoms with van der Waals surface area (Å²) in [6, 6.07) is 5.89. The van der Waals surface area contributed by atoms with E-state index in [4.69, 9.17) is 14.2 Å². The standard InChI is InChI=1S/C18H24N2O4/c1-22-16-3-2-12(10-15(16)20-5-8-23-9-6-20)18(21)19-14-11-17-13(14)4-7-24-17/h2-3,10,13-14,17H,4-9,11H2,1H3,(H,19,21)/t13-,14-,17+/m1/s1. The molecule has 3 fully saturated rings. The van der Waals surface area contributed by atoms with Crippen LogP contribution in [0.25, 0.3) is 0 Å². The van der Waals surface area contributed by atoms with Crippen molar-refractivity contribution in [3.05, 3.63) is 23.8 Å². The van der Waals surface area contributed by atoms with E-state index >= 15 is 0 Å². The molecule has 0 aromatic heterocycles. The third kappa shape index (κ3) is 2.84. The molecule has 1 aromatic rings. The topological polar surface area (TPSA) is 60.0 Å². The van der Waals surface area contributed by atoms with E-state index in [-0.39, 0.29) is 11.9 Å². The third-order valence-electron chi connectivity index (χ3n) is 5.37. The summed E-state index contributed by atoms with van der Waals surface area (Å²) >= 11 is 0. The summed E-state index contributed by atoms with van der Waals surface area (Å²) < 4.78 is 16.5. The number of carbonyl (C=O) groups excluding carboxylic acids is 1. The Kier molecular flexibility index (Phi) is 4.33. The summed E-state index contributed by atoms with van der Waals surface area (Å²) in [5.74, 6) is 1.27. The molecule has 3 atom stereocenters. The Hall–Kier alpha value is -1.79. The first kappa shape index (κ1) is 15.7. The van der Waals surface area contributed by atoms with E-state index in [9.17, 15) is 4.79 Å². The van der Waals surface area contributed by atoms with Gasteiger partial charge in [-0.25, -0.2) is 0 Å². The highest BCUT2D eigenvalue weighted by molar-refractivity contribution is 5.96. The van der Waals surface area contributed by atoms with Crippen LogP contribution in [-0.2, 0) is 9.47 Å². The molecule has 1 N–H and O–H groups in total. The van der Waals surface area contributed by atoms with Crippen molar-refractivity contribution in [2.24, 2.45) is 5.92 Å². The highest BCUT2D eigenvalue weighted by atomic mass is 16.5. The van der Waals surface area contributed by atoms with E-state index in [2.05, 4.69) is 10.2 Å². The number of ether oxygens (including phenoxy) is 3. The van der Waals surface area contributed by atoms with Gasteiger partial charge >= 0.3 is 0 Å². The lowest BCUT2D eigenvalue weighted by Gasteiger charge is -2.39. The number of anilines is 1. The molecule has 24 heavy (non-hydrogen) atoms. The zero-order valence-electron chi connectivity index (χ0n) is 14.0. The Balaban J connectivity index is 1.49. The molecular formula is C18H24N2O4. The molecule has 0 unspecified atom stereocenters. The predicted molar refractivity (Wildman–Crippen MR) is 89.7 cm³/mol. The lowest BCUT2D eigenvalue weighted by Crippen LogP contribution is -2.53. The molecule has 2 aliphatic heterocycles. The lowest BCUT2D eigenvalue weighted by atomic mass is 9.76. The SMILES string of the molecule is COc1ccc(C(=O)N[C@@H]2C[C@@H]3OCC[C@@H]32)cc1N1CCOCC1. The van der Waals surface area contributed by atoms with Gasteiger partial charge < -0.3 is 24.4 Å². The monoisotopic (exact) mass is 332 g/mol. The smallest absolute Gasteiger partial charge is 0.251 e. The quantitative estimate of drug-likeness (QED) is 0.904. The maximum Gasteiger partial charge on any atom is 0.251 e. The van der Waals surface area contributed by atoms with Gasteiger partial charge in [-0.1, -0.05) is 0 Å². The first-order valence-electron chi connectivity index (χ1n) is 8.69. The van der Waals surface area contributed by atoms with Crippen LogP contribution in [0.1, 0.15) is 23.2 Å². The van der Waals surface area contributed by atoms with Crippen LogP contribution in [-0.4, -0.2) is 58.1 Å². The van der Waals surface area contributed by atoms with Gasteiger partial charge in [-0.15, -0.1) is 0 Å². The van der Waals surface area contributed by atoms with Crippen molar-refractivity contribution in [2.75, 3.05) is 44.9 Å². The second kappa shape index (κ2) is 6.61. The average Bonchev–Trinajstić information content (AvgIpc) is 3.00. The Labute approximate surface area is 142 Å². The third-order valence-corrected chi connectivity index (χ3v) is 5.37. The van der Waals surface area contributed by atoms with Crippen molar-refractivity contribution in [1.29, 1.82) is 0 Å². The number of nitrogens with zero attached hydrogens (tertiary/aromatic N) is 1. The van der Waals surface area contributed by atoms with Crippen LogP contribution in [0.5, 0.6) is 5.75 Å². The molecule has 1 aliphatic carbocycles. The predicted octanol–water partition coefficient (Wildman–Crippen LogP) is 1.44. The van der Waals surface area contributed by atoms with Crippen LogP contribution in [0.15, 0.2) is 18.2 Å². The van der Waals surface area contributed by atoms with Crippen LogP contribution in [0.3, 0.4) is 0 Å². The van der Waals surface area contributed by atoms with Gasteiger partial charge in [0.15, 0.2) is 0 Å². The molecule has 130 valence electrons. The average molecular weight is 332 g/mol. The van der Waals surface area contributed by atoms with Crippen LogP contribution in [0.2, 0.25) is 0 Å². The number of hydrogen-bond acceptors (Lipinski definition) is 5. The van der Waals surface area contributed by atoms with Gasteiger partial charge in [0.2, 0.25) is 0 Å². The molecule has 4 rings (SSSR count). The zero-order chi connectivity index (χ0) is 16.5. The number of morpholine rings is 1. The first-order chi connectivity index (χ1) is 11.8. The van der Waals surface area contributed by atoms with Crippen molar-refractivity contribution in [3.8, 4) is 5.75 Å². The fraction of sp³-hybridized carbons (Fsp3) is 0.611. The van der Waals surface area contributed by atoms with Crippen molar-refractivity contribution in [2.45, 2.75) is 25.0 Å². The number of amides is 1. The van der Waals surface area contributed by atoms with Gasteiger partial charge in [0.05, 0.1) is 32.1 Å². The Bertz CT molecular complexity index is 615. The fourth-order valence-corrected chi connectivity index (χ4v) is 3.90. The van der Waals surface area contributed by atoms with E-state index in [0.717, 1.165) is 44.0 Å². The molecule has 0 spiro atoms. The molecule has 6 nitrogen and oxygen atoms in total. The highest BCUT2D eigenvalue weighted by Crippen LogP contribution is 2.38. The summed E-state index contributed by atoms with van der Waals surface area (Å²) in [6.07, 6.45) is 2.34. The number of nitrogens with one attached hydrogen (secondary N) is 1. The normalized spacial score (nSPS) is 28.9. The van der Waals surface area contributed by atoms with E-state index in [0.29, 0.717) is 30.8 Å². The van der Waals surface area contributed by atoms with Gasteiger partial charge in [0.25, 0.3) is 5.91 Å². The van der Waals surface area contributed by atoms with Gasteiger partial charge in [-0.2, -0.15) is 0 Å². The van der Waals surface area contributed by atoms with Crippen molar-refractivity contribution in [3.63, 3.8) is 0 Å². The van der Waals surface area contributed by atoms with Gasteiger partial charge in [-0.05, 0) is 31.0 Å². The van der Waals surface area contributed by atoms with E-state index in [1.54, 1.807) is 7.11 Å². The van der Waals surface area contributed by atoms with Crippen molar-refractivity contribution >= 4 is 11.6 Å². The summed E-state index contributed by atoms with van der Waals surface area (Å²) in [6.45, 7) is 3.84. The summed E-state index contributed by atoms with van der Waals surface area (Å²) in [5.41, 5.74) is 1.64. The number of fused-ring (bicyclic) bond motifs is 1. The molecule has 3 aliphatic rings. The molecule has 2 saturated heterocycles. The maximum absolute atomic E-state index is 12.6. The summed E-state index contributed by atoms with van der Waals surface area (Å²) in [5, 5.41) is 3.17. The molecule has 0 bridgehead atoms. The lowest BCUT2D eigenvalue weighted by molar-refractivity contribution is 0.00810. The van der Waals surface area contributed by atoms with E-state index in [1.165, 1.54) is 0 Å². The largest absolute Gasteiger partial charge is 0.495 e. The number of hydrogen-bond donors (Lipinski definition) is 1. The fourth-order valence-electron chi connectivity index (χ4n) is 3.90. The molecule has 1 saturated carbocycles. The first-order valence-corrected chi connectivity index (χ1v) is 8.69. The minimum atomic E-state index is -0.0116.